The van der Waals surface area contributed by atoms with Crippen molar-refractivity contribution < 1.29 is 14.1 Å². The Bertz CT molecular complexity index is 922. The third kappa shape index (κ3) is 3.21. The minimum atomic E-state index is -0.551. The van der Waals surface area contributed by atoms with Gasteiger partial charge >= 0.3 is 6.03 Å². The average molecular weight is 347 g/mol. The van der Waals surface area contributed by atoms with Gasteiger partial charge in [-0.3, -0.25) is 9.69 Å². The van der Waals surface area contributed by atoms with Gasteiger partial charge in [0.1, 0.15) is 11.7 Å². The van der Waals surface area contributed by atoms with E-state index in [1.165, 1.54) is 4.90 Å². The highest BCUT2D eigenvalue weighted by molar-refractivity contribution is 6.04. The number of nitrogens with one attached hydrogen (secondary N) is 1. The van der Waals surface area contributed by atoms with E-state index in [9.17, 15) is 9.59 Å². The Labute approximate surface area is 150 Å². The summed E-state index contributed by atoms with van der Waals surface area (Å²) in [7, 11) is 0. The molecule has 0 spiro atoms. The molecule has 0 radical (unpaired) electrons. The van der Waals surface area contributed by atoms with Crippen LogP contribution in [0.5, 0.6) is 0 Å². The number of hydrogen-bond donors (Lipinski definition) is 1. The molecule has 130 valence electrons. The molecule has 6 nitrogen and oxygen atoms in total. The van der Waals surface area contributed by atoms with Crippen molar-refractivity contribution in [1.29, 1.82) is 0 Å². The minimum Gasteiger partial charge on any atom is -0.356 e. The van der Waals surface area contributed by atoms with Crippen molar-refractivity contribution in [3.8, 4) is 11.3 Å². The van der Waals surface area contributed by atoms with Gasteiger partial charge in [-0.1, -0.05) is 65.8 Å². The number of carbonyl (C=O) groups is 2. The van der Waals surface area contributed by atoms with E-state index in [0.717, 1.165) is 11.1 Å². The van der Waals surface area contributed by atoms with Gasteiger partial charge in [0.15, 0.2) is 5.76 Å². The van der Waals surface area contributed by atoms with E-state index in [1.807, 2.05) is 60.7 Å². The second-order valence-electron chi connectivity index (χ2n) is 6.16. The summed E-state index contributed by atoms with van der Waals surface area (Å²) >= 11 is 0. The summed E-state index contributed by atoms with van der Waals surface area (Å²) in [5, 5.41) is 6.73. The number of amides is 3. The lowest BCUT2D eigenvalue weighted by Gasteiger charge is -2.11. The van der Waals surface area contributed by atoms with Crippen molar-refractivity contribution in [1.82, 2.24) is 15.4 Å². The highest BCUT2D eigenvalue weighted by Crippen LogP contribution is 2.21. The third-order valence-corrected chi connectivity index (χ3v) is 4.33. The number of carbonyl (C=O) groups excluding carboxylic acids is 2. The van der Waals surface area contributed by atoms with Crippen LogP contribution in [0.15, 0.2) is 71.3 Å². The van der Waals surface area contributed by atoms with Crippen LogP contribution in [-0.4, -0.2) is 28.0 Å². The first-order valence-corrected chi connectivity index (χ1v) is 8.37. The molecule has 0 saturated carbocycles. The fraction of sp³-hybridized carbons (Fsp3) is 0.150. The number of aromatic nitrogens is 1. The molecule has 1 aliphatic rings. The van der Waals surface area contributed by atoms with Gasteiger partial charge in [0.25, 0.3) is 5.91 Å². The Kier molecular flexibility index (Phi) is 4.23. The largest absolute Gasteiger partial charge is 0.356 e. The molecule has 1 N–H and O–H groups in total. The van der Waals surface area contributed by atoms with Crippen LogP contribution >= 0.6 is 0 Å². The summed E-state index contributed by atoms with van der Waals surface area (Å²) in [4.78, 5) is 26.0. The first-order chi connectivity index (χ1) is 12.7. The summed E-state index contributed by atoms with van der Waals surface area (Å²) in [5.74, 6) is 0.358. The molecule has 1 atom stereocenters. The fourth-order valence-corrected chi connectivity index (χ4v) is 3.00. The van der Waals surface area contributed by atoms with Crippen molar-refractivity contribution in [3.63, 3.8) is 0 Å². The van der Waals surface area contributed by atoms with E-state index in [2.05, 4.69) is 10.5 Å². The van der Waals surface area contributed by atoms with E-state index in [1.54, 1.807) is 6.07 Å². The number of imide groups is 1. The van der Waals surface area contributed by atoms with Crippen LogP contribution in [0.25, 0.3) is 11.3 Å². The van der Waals surface area contributed by atoms with Crippen LogP contribution < -0.4 is 5.32 Å². The van der Waals surface area contributed by atoms with Crippen LogP contribution in [-0.2, 0) is 17.8 Å². The number of rotatable bonds is 5. The standard InChI is InChI=1S/C20H17N3O3/c24-19-17(11-14-7-3-1-4-8-14)21-20(25)23(19)13-16-12-18(26-22-16)15-9-5-2-6-10-15/h1-10,12,17H,11,13H2,(H,21,25)/t17-/m1/s1. The quantitative estimate of drug-likeness (QED) is 0.720. The summed E-state index contributed by atoms with van der Waals surface area (Å²) in [6.45, 7) is 0.0896. The zero-order valence-electron chi connectivity index (χ0n) is 14.0. The van der Waals surface area contributed by atoms with Gasteiger partial charge in [-0.15, -0.1) is 0 Å². The van der Waals surface area contributed by atoms with Gasteiger partial charge in [0.2, 0.25) is 0 Å². The lowest BCUT2D eigenvalue weighted by atomic mass is 10.1. The molecule has 0 bridgehead atoms. The second-order valence-corrected chi connectivity index (χ2v) is 6.16. The van der Waals surface area contributed by atoms with Crippen LogP contribution in [0, 0.1) is 0 Å². The smallest absolute Gasteiger partial charge is 0.325 e. The molecular weight excluding hydrogens is 330 g/mol. The van der Waals surface area contributed by atoms with Crippen LogP contribution in [0.4, 0.5) is 4.79 Å². The molecule has 2 aromatic carbocycles. The highest BCUT2D eigenvalue weighted by Gasteiger charge is 2.38. The summed E-state index contributed by atoms with van der Waals surface area (Å²) in [6, 6.07) is 20.0. The molecule has 1 aliphatic heterocycles. The molecular formula is C20H17N3O3. The summed E-state index contributed by atoms with van der Waals surface area (Å²) in [5.41, 5.74) is 2.43. The first kappa shape index (κ1) is 16.1. The molecule has 1 aromatic heterocycles. The lowest BCUT2D eigenvalue weighted by molar-refractivity contribution is -0.127. The molecule has 2 heterocycles. The van der Waals surface area contributed by atoms with E-state index < -0.39 is 12.1 Å². The third-order valence-electron chi connectivity index (χ3n) is 4.33. The first-order valence-electron chi connectivity index (χ1n) is 8.37. The zero-order valence-corrected chi connectivity index (χ0v) is 14.0. The minimum absolute atomic E-state index is 0.0896. The van der Waals surface area contributed by atoms with Crippen LogP contribution in [0.1, 0.15) is 11.3 Å². The van der Waals surface area contributed by atoms with Crippen molar-refractivity contribution in [2.45, 2.75) is 19.0 Å². The Morgan fingerprint density at radius 1 is 1.00 bits per heavy atom. The maximum absolute atomic E-state index is 12.6. The summed E-state index contributed by atoms with van der Waals surface area (Å²) < 4.78 is 5.33. The fourth-order valence-electron chi connectivity index (χ4n) is 3.00. The monoisotopic (exact) mass is 347 g/mol. The molecule has 6 heteroatoms. The molecule has 3 amide bonds. The van der Waals surface area contributed by atoms with Gasteiger partial charge < -0.3 is 9.84 Å². The van der Waals surface area contributed by atoms with Gasteiger partial charge in [-0.2, -0.15) is 0 Å². The van der Waals surface area contributed by atoms with Gasteiger partial charge in [-0.05, 0) is 5.56 Å². The Hall–Kier alpha value is -3.41. The van der Waals surface area contributed by atoms with Crippen LogP contribution in [0.3, 0.4) is 0 Å². The number of benzene rings is 2. The summed E-state index contributed by atoms with van der Waals surface area (Å²) in [6.07, 6.45) is 0.468. The number of nitrogens with zero attached hydrogens (tertiary/aromatic N) is 2. The Morgan fingerprint density at radius 3 is 2.42 bits per heavy atom. The van der Waals surface area contributed by atoms with E-state index in [0.29, 0.717) is 17.9 Å². The van der Waals surface area contributed by atoms with Gasteiger partial charge in [-0.25, -0.2) is 4.79 Å². The van der Waals surface area contributed by atoms with Crippen LogP contribution in [0.2, 0.25) is 0 Å². The normalized spacial score (nSPS) is 16.8. The predicted octanol–water partition coefficient (Wildman–Crippen LogP) is 3.00. The molecule has 1 saturated heterocycles. The van der Waals surface area contributed by atoms with Crippen molar-refractivity contribution >= 4 is 11.9 Å². The highest BCUT2D eigenvalue weighted by atomic mass is 16.5. The topological polar surface area (TPSA) is 75.4 Å². The number of hydrogen-bond acceptors (Lipinski definition) is 4. The Morgan fingerprint density at radius 2 is 1.69 bits per heavy atom. The van der Waals surface area contributed by atoms with Crippen molar-refractivity contribution in [3.05, 3.63) is 78.0 Å². The van der Waals surface area contributed by atoms with E-state index in [4.69, 9.17) is 4.52 Å². The van der Waals surface area contributed by atoms with Gasteiger partial charge in [0, 0.05) is 18.1 Å². The molecule has 0 unspecified atom stereocenters. The maximum atomic E-state index is 12.6. The molecule has 1 fully saturated rings. The molecule has 4 rings (SSSR count). The van der Waals surface area contributed by atoms with Crippen molar-refractivity contribution in [2.24, 2.45) is 0 Å². The van der Waals surface area contributed by atoms with Crippen molar-refractivity contribution in [2.75, 3.05) is 0 Å². The molecule has 0 aliphatic carbocycles. The maximum Gasteiger partial charge on any atom is 0.325 e. The lowest BCUT2D eigenvalue weighted by Crippen LogP contribution is -2.32. The van der Waals surface area contributed by atoms with Gasteiger partial charge in [0.05, 0.1) is 6.54 Å². The second kappa shape index (κ2) is 6.84. The molecule has 26 heavy (non-hydrogen) atoms. The SMILES string of the molecule is O=C1N[C@H](Cc2ccccc2)C(=O)N1Cc1cc(-c2ccccc2)on1. The Balaban J connectivity index is 1.46. The van der Waals surface area contributed by atoms with E-state index >= 15 is 0 Å². The average Bonchev–Trinajstić information content (AvgIpc) is 3.24. The molecule has 3 aromatic rings. The zero-order chi connectivity index (χ0) is 17.9. The van der Waals surface area contributed by atoms with E-state index in [-0.39, 0.29) is 12.5 Å². The number of urea groups is 1. The predicted molar refractivity (Wildman–Crippen MR) is 95.0 cm³/mol.